The fraction of sp³-hybridized carbons (Fsp3) is 0.0870. The molecule has 0 N–H and O–H groups in total. The predicted octanol–water partition coefficient (Wildman–Crippen LogP) is 6.42. The van der Waals surface area contributed by atoms with Gasteiger partial charge in [-0.2, -0.15) is 0 Å². The lowest BCUT2D eigenvalue weighted by molar-refractivity contribution is -0.111. The van der Waals surface area contributed by atoms with Crippen molar-refractivity contribution in [1.82, 2.24) is 0 Å². The Kier molecular flexibility index (Phi) is 4.29. The zero-order valence-corrected chi connectivity index (χ0v) is 14.8. The van der Waals surface area contributed by atoms with Crippen molar-refractivity contribution in [3.05, 3.63) is 90.5 Å². The summed E-state index contributed by atoms with van der Waals surface area (Å²) in [6.07, 6.45) is 0. The van der Waals surface area contributed by atoms with Crippen molar-refractivity contribution in [3.8, 4) is 0 Å². The molecular formula is C23H18OS. The summed E-state index contributed by atoms with van der Waals surface area (Å²) in [5.41, 5.74) is 1.07. The third-order valence-electron chi connectivity index (χ3n) is 4.57. The molecule has 0 aliphatic heterocycles. The lowest BCUT2D eigenvalue weighted by atomic mass is 9.99. The molecular weight excluding hydrogens is 324 g/mol. The lowest BCUT2D eigenvalue weighted by Gasteiger charge is -2.12. The predicted molar refractivity (Wildman–Crippen MR) is 107 cm³/mol. The Bertz CT molecular complexity index is 1070. The first-order valence-electron chi connectivity index (χ1n) is 8.40. The van der Waals surface area contributed by atoms with Crippen LogP contribution in [-0.2, 0) is 4.79 Å². The van der Waals surface area contributed by atoms with Crippen molar-refractivity contribution in [2.45, 2.75) is 17.7 Å². The highest BCUT2D eigenvalue weighted by atomic mass is 32.2. The minimum atomic E-state index is -0.138. The molecule has 25 heavy (non-hydrogen) atoms. The van der Waals surface area contributed by atoms with Gasteiger partial charge in [0.25, 0.3) is 0 Å². The van der Waals surface area contributed by atoms with E-state index in [1.54, 1.807) is 0 Å². The van der Waals surface area contributed by atoms with Crippen molar-refractivity contribution in [3.63, 3.8) is 0 Å². The van der Waals surface area contributed by atoms with Gasteiger partial charge in [-0.3, -0.25) is 4.79 Å². The maximum Gasteiger partial charge on any atom is 0.200 e. The van der Waals surface area contributed by atoms with Gasteiger partial charge >= 0.3 is 0 Å². The van der Waals surface area contributed by atoms with Gasteiger partial charge in [0.15, 0.2) is 0 Å². The fourth-order valence-electron chi connectivity index (χ4n) is 3.05. The number of rotatable bonds is 3. The highest BCUT2D eigenvalue weighted by molar-refractivity contribution is 8.13. The van der Waals surface area contributed by atoms with Crippen LogP contribution in [0.25, 0.3) is 21.5 Å². The zero-order valence-electron chi connectivity index (χ0n) is 14.0. The second kappa shape index (κ2) is 6.73. The molecule has 0 radical (unpaired) electrons. The van der Waals surface area contributed by atoms with E-state index in [2.05, 4.69) is 54.6 Å². The molecule has 0 bridgehead atoms. The molecule has 0 aliphatic rings. The molecule has 0 saturated carbocycles. The van der Waals surface area contributed by atoms with Gasteiger partial charge in [-0.15, -0.1) is 0 Å². The molecule has 0 aromatic heterocycles. The van der Waals surface area contributed by atoms with E-state index in [0.29, 0.717) is 0 Å². The number of carbonyl (C=O) groups is 1. The van der Waals surface area contributed by atoms with Crippen molar-refractivity contribution >= 4 is 38.4 Å². The quantitative estimate of drug-likeness (QED) is 0.400. The number of thioether (sulfide) groups is 1. The summed E-state index contributed by atoms with van der Waals surface area (Å²) in [5.74, 6) is -0.138. The Morgan fingerprint density at radius 2 is 1.28 bits per heavy atom. The Morgan fingerprint density at radius 3 is 1.96 bits per heavy atom. The highest BCUT2D eigenvalue weighted by Crippen LogP contribution is 2.31. The molecule has 1 atom stereocenters. The second-order valence-electron chi connectivity index (χ2n) is 6.26. The van der Waals surface area contributed by atoms with Crippen LogP contribution in [-0.4, -0.2) is 5.12 Å². The van der Waals surface area contributed by atoms with E-state index >= 15 is 0 Å². The molecule has 4 aromatic carbocycles. The van der Waals surface area contributed by atoms with Crippen LogP contribution in [0, 0.1) is 0 Å². The van der Waals surface area contributed by atoms with E-state index in [1.807, 2.05) is 37.3 Å². The zero-order chi connectivity index (χ0) is 17.2. The van der Waals surface area contributed by atoms with Crippen LogP contribution in [0.1, 0.15) is 18.4 Å². The molecule has 0 spiro atoms. The first-order chi connectivity index (χ1) is 12.2. The number of carbonyl (C=O) groups excluding carboxylic acids is 1. The molecule has 1 nitrogen and oxygen atoms in total. The van der Waals surface area contributed by atoms with E-state index in [0.717, 1.165) is 10.5 Å². The third-order valence-corrected chi connectivity index (χ3v) is 5.61. The summed E-state index contributed by atoms with van der Waals surface area (Å²) in [5, 5.41) is 4.91. The topological polar surface area (TPSA) is 17.1 Å². The summed E-state index contributed by atoms with van der Waals surface area (Å²) >= 11 is 1.33. The summed E-state index contributed by atoms with van der Waals surface area (Å²) in [6.45, 7) is 1.99. The number of hydrogen-bond acceptors (Lipinski definition) is 2. The van der Waals surface area contributed by atoms with Crippen molar-refractivity contribution in [1.29, 1.82) is 0 Å². The molecule has 2 heteroatoms. The van der Waals surface area contributed by atoms with Crippen LogP contribution in [0.5, 0.6) is 0 Å². The number of hydrogen-bond donors (Lipinski definition) is 0. The first kappa shape index (κ1) is 15.9. The molecule has 122 valence electrons. The van der Waals surface area contributed by atoms with Gasteiger partial charge in [-0.05, 0) is 39.2 Å². The molecule has 1 unspecified atom stereocenters. The van der Waals surface area contributed by atoms with Gasteiger partial charge in [0.2, 0.25) is 5.12 Å². The maximum atomic E-state index is 12.7. The average molecular weight is 342 g/mol. The summed E-state index contributed by atoms with van der Waals surface area (Å²) in [6, 6.07) is 28.9. The van der Waals surface area contributed by atoms with Crippen LogP contribution >= 0.6 is 11.8 Å². The van der Waals surface area contributed by atoms with E-state index < -0.39 is 0 Å². The molecule has 0 heterocycles. The van der Waals surface area contributed by atoms with Crippen LogP contribution in [0.4, 0.5) is 0 Å². The first-order valence-corrected chi connectivity index (χ1v) is 9.21. The van der Waals surface area contributed by atoms with Gasteiger partial charge in [0, 0.05) is 4.90 Å². The van der Waals surface area contributed by atoms with Crippen molar-refractivity contribution < 1.29 is 4.79 Å². The lowest BCUT2D eigenvalue weighted by Crippen LogP contribution is -2.04. The molecule has 4 rings (SSSR count). The summed E-state index contributed by atoms with van der Waals surface area (Å²) in [4.78, 5) is 13.7. The van der Waals surface area contributed by atoms with Crippen LogP contribution in [0.2, 0.25) is 0 Å². The van der Waals surface area contributed by atoms with Crippen molar-refractivity contribution in [2.75, 3.05) is 0 Å². The second-order valence-corrected chi connectivity index (χ2v) is 7.34. The molecule has 0 saturated heterocycles. The normalized spacial score (nSPS) is 12.4. The minimum Gasteiger partial charge on any atom is -0.286 e. The van der Waals surface area contributed by atoms with Gasteiger partial charge in [0.05, 0.1) is 5.92 Å². The average Bonchev–Trinajstić information content (AvgIpc) is 2.67. The fourth-order valence-corrected chi connectivity index (χ4v) is 3.92. The minimum absolute atomic E-state index is 0.138. The number of benzene rings is 4. The Morgan fingerprint density at radius 1 is 0.720 bits per heavy atom. The van der Waals surface area contributed by atoms with E-state index in [9.17, 15) is 4.79 Å². The highest BCUT2D eigenvalue weighted by Gasteiger charge is 2.17. The molecule has 0 aliphatic carbocycles. The maximum absolute atomic E-state index is 12.7. The Labute approximate surface area is 151 Å². The monoisotopic (exact) mass is 342 g/mol. The summed E-state index contributed by atoms with van der Waals surface area (Å²) < 4.78 is 0. The Hall–Kier alpha value is -2.58. The van der Waals surface area contributed by atoms with Gasteiger partial charge in [0.1, 0.15) is 0 Å². The van der Waals surface area contributed by atoms with Crippen molar-refractivity contribution in [2.24, 2.45) is 0 Å². The van der Waals surface area contributed by atoms with Crippen LogP contribution in [0.3, 0.4) is 0 Å². The summed E-state index contributed by atoms with van der Waals surface area (Å²) in [7, 11) is 0. The molecule has 0 amide bonds. The van der Waals surface area contributed by atoms with Gasteiger partial charge < -0.3 is 0 Å². The molecule has 4 aromatic rings. The SMILES string of the molecule is CC(C(=O)Sc1ccc2ccccc2c1)c1ccc2ccccc2c1. The largest absolute Gasteiger partial charge is 0.286 e. The van der Waals surface area contributed by atoms with E-state index in [4.69, 9.17) is 0 Å². The smallest absolute Gasteiger partial charge is 0.200 e. The third kappa shape index (κ3) is 3.31. The van der Waals surface area contributed by atoms with Gasteiger partial charge in [-0.25, -0.2) is 0 Å². The Balaban J connectivity index is 1.57. The van der Waals surface area contributed by atoms with Crippen LogP contribution in [0.15, 0.2) is 89.8 Å². The number of fused-ring (bicyclic) bond motifs is 2. The standard InChI is InChI=1S/C23H18OS/c1-16(19-11-10-17-6-2-4-8-20(17)14-19)23(24)25-22-13-12-18-7-3-5-9-21(18)15-22/h2-16H,1H3. The van der Waals surface area contributed by atoms with Gasteiger partial charge in [-0.1, -0.05) is 91.5 Å². The molecule has 0 fully saturated rings. The van der Waals surface area contributed by atoms with E-state index in [1.165, 1.54) is 33.3 Å². The van der Waals surface area contributed by atoms with Crippen LogP contribution < -0.4 is 0 Å². The van der Waals surface area contributed by atoms with E-state index in [-0.39, 0.29) is 11.0 Å².